The minimum absolute atomic E-state index is 0.102. The van der Waals surface area contributed by atoms with E-state index < -0.39 is 20.9 Å². The number of likely N-dealkylation sites (tertiary alicyclic amines) is 1. The first-order valence-electron chi connectivity index (χ1n) is 9.28. The molecular formula is C21H26FNO2S. The molecule has 0 N–H and O–H groups in total. The Balaban J connectivity index is 1.81. The van der Waals surface area contributed by atoms with E-state index in [-0.39, 0.29) is 10.9 Å². The second-order valence-electron chi connectivity index (χ2n) is 7.03. The highest BCUT2D eigenvalue weighted by molar-refractivity contribution is 7.92. The Kier molecular flexibility index (Phi) is 6.09. The highest BCUT2D eigenvalue weighted by Crippen LogP contribution is 2.30. The van der Waals surface area contributed by atoms with E-state index in [0.717, 1.165) is 32.0 Å². The van der Waals surface area contributed by atoms with Crippen LogP contribution in [0.2, 0.25) is 0 Å². The van der Waals surface area contributed by atoms with Crippen LogP contribution in [-0.2, 0) is 16.3 Å². The first kappa shape index (κ1) is 19.1. The molecule has 3 rings (SSSR count). The number of hydrogen-bond acceptors (Lipinski definition) is 3. The standard InChI is InChI=1S/C21H26FNO2S/c1-2-12-23-13-11-21(16-19(23)14-17-7-4-3-5-8-17)26(24,25)20-10-6-9-18(22)15-20/h3-10,15,19,21H,2,11-14,16H2,1H3. The highest BCUT2D eigenvalue weighted by atomic mass is 32.2. The zero-order valence-corrected chi connectivity index (χ0v) is 16.0. The second kappa shape index (κ2) is 8.31. The van der Waals surface area contributed by atoms with Gasteiger partial charge in [-0.1, -0.05) is 43.3 Å². The molecule has 0 radical (unpaired) electrons. The van der Waals surface area contributed by atoms with E-state index in [1.165, 1.54) is 23.8 Å². The van der Waals surface area contributed by atoms with Gasteiger partial charge in [0.05, 0.1) is 10.1 Å². The topological polar surface area (TPSA) is 37.4 Å². The van der Waals surface area contributed by atoms with Crippen molar-refractivity contribution in [1.82, 2.24) is 4.90 Å². The van der Waals surface area contributed by atoms with Gasteiger partial charge in [0.25, 0.3) is 0 Å². The lowest BCUT2D eigenvalue weighted by atomic mass is 9.95. The van der Waals surface area contributed by atoms with Crippen LogP contribution in [0.1, 0.15) is 31.7 Å². The molecule has 1 heterocycles. The fraction of sp³-hybridized carbons (Fsp3) is 0.429. The van der Waals surface area contributed by atoms with E-state index in [1.807, 2.05) is 18.2 Å². The molecule has 1 aliphatic heterocycles. The lowest BCUT2D eigenvalue weighted by Gasteiger charge is -2.39. The summed E-state index contributed by atoms with van der Waals surface area (Å²) in [4.78, 5) is 2.51. The minimum atomic E-state index is -3.51. The molecule has 1 fully saturated rings. The molecule has 0 bridgehead atoms. The summed E-state index contributed by atoms with van der Waals surface area (Å²) in [5.74, 6) is -0.504. The zero-order valence-electron chi connectivity index (χ0n) is 15.1. The van der Waals surface area contributed by atoms with Crippen molar-refractivity contribution < 1.29 is 12.8 Å². The van der Waals surface area contributed by atoms with Crippen LogP contribution in [0.4, 0.5) is 4.39 Å². The summed E-state index contributed by atoms with van der Waals surface area (Å²) in [6.07, 6.45) is 3.08. The van der Waals surface area contributed by atoms with Gasteiger partial charge in [-0.25, -0.2) is 12.8 Å². The van der Waals surface area contributed by atoms with E-state index in [1.54, 1.807) is 0 Å². The Morgan fingerprint density at radius 1 is 1.12 bits per heavy atom. The van der Waals surface area contributed by atoms with Crippen molar-refractivity contribution in [3.63, 3.8) is 0 Å². The molecule has 0 aliphatic carbocycles. The predicted molar refractivity (Wildman–Crippen MR) is 102 cm³/mol. The number of sulfone groups is 1. The maximum atomic E-state index is 13.5. The van der Waals surface area contributed by atoms with E-state index in [2.05, 4.69) is 24.0 Å². The van der Waals surface area contributed by atoms with Gasteiger partial charge >= 0.3 is 0 Å². The Morgan fingerprint density at radius 3 is 2.58 bits per heavy atom. The third-order valence-corrected chi connectivity index (χ3v) is 7.39. The van der Waals surface area contributed by atoms with Gasteiger partial charge in [0.15, 0.2) is 9.84 Å². The first-order chi connectivity index (χ1) is 12.5. The fourth-order valence-electron chi connectivity index (χ4n) is 3.86. The molecule has 1 aliphatic rings. The molecular weight excluding hydrogens is 349 g/mol. The molecule has 5 heteroatoms. The van der Waals surface area contributed by atoms with E-state index >= 15 is 0 Å². The highest BCUT2D eigenvalue weighted by Gasteiger charge is 2.36. The van der Waals surface area contributed by atoms with Gasteiger partial charge in [0.1, 0.15) is 5.82 Å². The van der Waals surface area contributed by atoms with Crippen LogP contribution in [0.25, 0.3) is 0 Å². The van der Waals surface area contributed by atoms with Crippen LogP contribution in [0.5, 0.6) is 0 Å². The molecule has 0 amide bonds. The molecule has 0 aromatic heterocycles. The van der Waals surface area contributed by atoms with Crippen molar-refractivity contribution in [3.8, 4) is 0 Å². The number of hydrogen-bond donors (Lipinski definition) is 0. The Morgan fingerprint density at radius 2 is 1.88 bits per heavy atom. The maximum Gasteiger partial charge on any atom is 0.181 e. The van der Waals surface area contributed by atoms with Gasteiger partial charge in [-0.3, -0.25) is 4.90 Å². The average Bonchev–Trinajstić information content (AvgIpc) is 2.64. The quantitative estimate of drug-likeness (QED) is 0.763. The SMILES string of the molecule is CCCN1CCC(S(=O)(=O)c2cccc(F)c2)CC1Cc1ccccc1. The molecule has 140 valence electrons. The van der Waals surface area contributed by atoms with Crippen LogP contribution in [0.3, 0.4) is 0 Å². The third kappa shape index (κ3) is 4.33. The Bertz CT molecular complexity index is 823. The van der Waals surface area contributed by atoms with Crippen molar-refractivity contribution in [2.45, 2.75) is 48.8 Å². The van der Waals surface area contributed by atoms with Gasteiger partial charge < -0.3 is 0 Å². The zero-order chi connectivity index (χ0) is 18.6. The summed E-state index contributed by atoms with van der Waals surface area (Å²) in [6.45, 7) is 3.89. The number of rotatable bonds is 6. The molecule has 1 saturated heterocycles. The van der Waals surface area contributed by atoms with Crippen molar-refractivity contribution in [2.24, 2.45) is 0 Å². The summed E-state index contributed by atoms with van der Waals surface area (Å²) >= 11 is 0. The number of halogens is 1. The van der Waals surface area contributed by atoms with Gasteiger partial charge in [-0.15, -0.1) is 0 Å². The van der Waals surface area contributed by atoms with Crippen LogP contribution >= 0.6 is 0 Å². The van der Waals surface area contributed by atoms with Gasteiger partial charge in [-0.05, 0) is 62.5 Å². The number of piperidine rings is 1. The molecule has 2 unspecified atom stereocenters. The van der Waals surface area contributed by atoms with Crippen LogP contribution in [-0.4, -0.2) is 37.7 Å². The molecule has 26 heavy (non-hydrogen) atoms. The number of benzene rings is 2. The van der Waals surface area contributed by atoms with Gasteiger partial charge in [0.2, 0.25) is 0 Å². The van der Waals surface area contributed by atoms with E-state index in [9.17, 15) is 12.8 Å². The normalized spacial score (nSPS) is 21.6. The summed E-state index contributed by atoms with van der Waals surface area (Å²) in [7, 11) is -3.51. The molecule has 2 aromatic carbocycles. The largest absolute Gasteiger partial charge is 0.300 e. The fourth-order valence-corrected chi connectivity index (χ4v) is 5.68. The molecule has 2 atom stereocenters. The lowest BCUT2D eigenvalue weighted by Crippen LogP contribution is -2.47. The summed E-state index contributed by atoms with van der Waals surface area (Å²) in [5, 5.41) is -0.453. The third-order valence-electron chi connectivity index (χ3n) is 5.18. The molecule has 0 saturated carbocycles. The summed E-state index contributed by atoms with van der Waals surface area (Å²) in [5.41, 5.74) is 1.22. The molecule has 0 spiro atoms. The van der Waals surface area contributed by atoms with E-state index in [0.29, 0.717) is 12.8 Å². The molecule has 2 aromatic rings. The lowest BCUT2D eigenvalue weighted by molar-refractivity contribution is 0.149. The van der Waals surface area contributed by atoms with Crippen LogP contribution in [0, 0.1) is 5.82 Å². The summed E-state index contributed by atoms with van der Waals surface area (Å²) < 4.78 is 39.6. The van der Waals surface area contributed by atoms with Crippen LogP contribution in [0.15, 0.2) is 59.5 Å². The Labute approximate surface area is 155 Å². The molecule has 3 nitrogen and oxygen atoms in total. The van der Waals surface area contributed by atoms with Crippen molar-refractivity contribution in [3.05, 3.63) is 66.0 Å². The van der Waals surface area contributed by atoms with Crippen molar-refractivity contribution >= 4 is 9.84 Å². The van der Waals surface area contributed by atoms with Crippen molar-refractivity contribution in [2.75, 3.05) is 13.1 Å². The van der Waals surface area contributed by atoms with E-state index in [4.69, 9.17) is 0 Å². The second-order valence-corrected chi connectivity index (χ2v) is 9.26. The minimum Gasteiger partial charge on any atom is -0.300 e. The maximum absolute atomic E-state index is 13.5. The van der Waals surface area contributed by atoms with Crippen molar-refractivity contribution in [1.29, 1.82) is 0 Å². The Hall–Kier alpha value is -1.72. The average molecular weight is 376 g/mol. The smallest absolute Gasteiger partial charge is 0.181 e. The predicted octanol–water partition coefficient (Wildman–Crippen LogP) is 4.09. The summed E-state index contributed by atoms with van der Waals surface area (Å²) in [6, 6.07) is 15.8. The van der Waals surface area contributed by atoms with Gasteiger partial charge in [-0.2, -0.15) is 0 Å². The van der Waals surface area contributed by atoms with Gasteiger partial charge in [0, 0.05) is 6.04 Å². The monoisotopic (exact) mass is 375 g/mol. The number of nitrogens with zero attached hydrogens (tertiary/aromatic N) is 1. The van der Waals surface area contributed by atoms with Crippen LogP contribution < -0.4 is 0 Å². The first-order valence-corrected chi connectivity index (χ1v) is 10.8.